The highest BCUT2D eigenvalue weighted by Crippen LogP contribution is 2.20. The molecule has 1 aromatic heterocycles. The zero-order valence-electron chi connectivity index (χ0n) is 7.36. The standard InChI is InChI=1S/C9H11F2N/c1-9(2,3)7-4-6(10)5-8(11)12-7/h4-5H,1-3H3. The molecule has 3 heteroatoms. The molecule has 0 aromatic carbocycles. The molecule has 0 aliphatic carbocycles. The minimum atomic E-state index is -0.764. The lowest BCUT2D eigenvalue weighted by Gasteiger charge is -2.17. The molecular weight excluding hydrogens is 160 g/mol. The highest BCUT2D eigenvalue weighted by molar-refractivity contribution is 5.14. The van der Waals surface area contributed by atoms with Crippen molar-refractivity contribution in [1.29, 1.82) is 0 Å². The van der Waals surface area contributed by atoms with Crippen molar-refractivity contribution < 1.29 is 8.78 Å². The number of hydrogen-bond donors (Lipinski definition) is 0. The van der Waals surface area contributed by atoms with Crippen LogP contribution in [0.1, 0.15) is 26.5 Å². The van der Waals surface area contributed by atoms with Crippen LogP contribution in [0.2, 0.25) is 0 Å². The van der Waals surface area contributed by atoms with Crippen LogP contribution in [0.25, 0.3) is 0 Å². The molecule has 0 aliphatic heterocycles. The lowest BCUT2D eigenvalue weighted by atomic mass is 9.92. The van der Waals surface area contributed by atoms with E-state index in [1.165, 1.54) is 6.07 Å². The second kappa shape index (κ2) is 2.81. The predicted molar refractivity (Wildman–Crippen MR) is 42.9 cm³/mol. The van der Waals surface area contributed by atoms with E-state index in [1.807, 2.05) is 20.8 Å². The van der Waals surface area contributed by atoms with Gasteiger partial charge in [0.05, 0.1) is 5.69 Å². The number of aromatic nitrogens is 1. The van der Waals surface area contributed by atoms with E-state index in [-0.39, 0.29) is 5.41 Å². The highest BCUT2D eigenvalue weighted by atomic mass is 19.1. The van der Waals surface area contributed by atoms with Crippen LogP contribution in [0.4, 0.5) is 8.78 Å². The molecule has 0 saturated heterocycles. The highest BCUT2D eigenvalue weighted by Gasteiger charge is 2.17. The first-order chi connectivity index (χ1) is 5.39. The van der Waals surface area contributed by atoms with Gasteiger partial charge in [-0.3, -0.25) is 0 Å². The fourth-order valence-electron chi connectivity index (χ4n) is 0.850. The second-order valence-corrected chi connectivity index (χ2v) is 3.74. The Kier molecular flexibility index (Phi) is 2.13. The molecule has 0 saturated carbocycles. The maximum absolute atomic E-state index is 12.7. The maximum atomic E-state index is 12.7. The quantitative estimate of drug-likeness (QED) is 0.547. The molecule has 66 valence electrons. The van der Waals surface area contributed by atoms with Gasteiger partial charge in [-0.25, -0.2) is 9.37 Å². The van der Waals surface area contributed by atoms with Crippen molar-refractivity contribution in [3.8, 4) is 0 Å². The summed E-state index contributed by atoms with van der Waals surface area (Å²) in [6.45, 7) is 5.57. The predicted octanol–water partition coefficient (Wildman–Crippen LogP) is 2.66. The Balaban J connectivity index is 3.18. The van der Waals surface area contributed by atoms with Crippen LogP contribution >= 0.6 is 0 Å². The molecule has 1 heterocycles. The monoisotopic (exact) mass is 171 g/mol. The summed E-state index contributed by atoms with van der Waals surface area (Å²) in [5.74, 6) is -1.34. The number of rotatable bonds is 0. The molecule has 0 atom stereocenters. The zero-order chi connectivity index (χ0) is 9.35. The number of halogens is 2. The van der Waals surface area contributed by atoms with Crippen LogP contribution in [-0.2, 0) is 5.41 Å². The summed E-state index contributed by atoms with van der Waals surface area (Å²) >= 11 is 0. The lowest BCUT2D eigenvalue weighted by Crippen LogP contribution is -2.14. The van der Waals surface area contributed by atoms with Gasteiger partial charge in [-0.15, -0.1) is 0 Å². The fourth-order valence-corrected chi connectivity index (χ4v) is 0.850. The molecule has 0 aliphatic rings. The van der Waals surface area contributed by atoms with Gasteiger partial charge < -0.3 is 0 Å². The number of hydrogen-bond acceptors (Lipinski definition) is 1. The number of nitrogens with zero attached hydrogens (tertiary/aromatic N) is 1. The van der Waals surface area contributed by atoms with E-state index in [2.05, 4.69) is 4.98 Å². The topological polar surface area (TPSA) is 12.9 Å². The Morgan fingerprint density at radius 3 is 2.17 bits per heavy atom. The molecule has 12 heavy (non-hydrogen) atoms. The Labute approximate surface area is 70.4 Å². The molecule has 1 rings (SSSR count). The molecule has 1 aromatic rings. The number of pyridine rings is 1. The second-order valence-electron chi connectivity index (χ2n) is 3.74. The molecule has 0 unspecified atom stereocenters. The summed E-state index contributed by atoms with van der Waals surface area (Å²) in [5.41, 5.74) is 0.114. The van der Waals surface area contributed by atoms with E-state index in [4.69, 9.17) is 0 Å². The van der Waals surface area contributed by atoms with Crippen LogP contribution in [0.3, 0.4) is 0 Å². The smallest absolute Gasteiger partial charge is 0.216 e. The lowest BCUT2D eigenvalue weighted by molar-refractivity contribution is 0.501. The maximum Gasteiger partial charge on any atom is 0.216 e. The normalized spacial score (nSPS) is 11.8. The molecule has 1 nitrogen and oxygen atoms in total. The van der Waals surface area contributed by atoms with Gasteiger partial charge in [0.1, 0.15) is 5.82 Å². The summed E-state index contributed by atoms with van der Waals surface area (Å²) in [6, 6.07) is 2.03. The van der Waals surface area contributed by atoms with Crippen LogP contribution in [0.5, 0.6) is 0 Å². The van der Waals surface area contributed by atoms with Gasteiger partial charge in [0, 0.05) is 11.5 Å². The largest absolute Gasteiger partial charge is 0.224 e. The van der Waals surface area contributed by atoms with E-state index in [1.54, 1.807) is 0 Å². The van der Waals surface area contributed by atoms with E-state index in [0.717, 1.165) is 6.07 Å². The van der Waals surface area contributed by atoms with Crippen molar-refractivity contribution in [1.82, 2.24) is 4.98 Å². The average Bonchev–Trinajstić information content (AvgIpc) is 1.82. The van der Waals surface area contributed by atoms with Gasteiger partial charge in [-0.1, -0.05) is 20.8 Å². The molecule has 0 spiro atoms. The van der Waals surface area contributed by atoms with Gasteiger partial charge in [0.15, 0.2) is 0 Å². The Hall–Kier alpha value is -0.990. The van der Waals surface area contributed by atoms with Gasteiger partial charge in [-0.05, 0) is 6.07 Å². The van der Waals surface area contributed by atoms with Gasteiger partial charge in [0.2, 0.25) is 5.95 Å². The van der Waals surface area contributed by atoms with Crippen LogP contribution in [0.15, 0.2) is 12.1 Å². The van der Waals surface area contributed by atoms with Crippen LogP contribution < -0.4 is 0 Å². The van der Waals surface area contributed by atoms with Crippen molar-refractivity contribution in [3.05, 3.63) is 29.6 Å². The SMILES string of the molecule is CC(C)(C)c1cc(F)cc(F)n1. The van der Waals surface area contributed by atoms with Gasteiger partial charge in [0.25, 0.3) is 0 Å². The summed E-state index contributed by atoms with van der Waals surface area (Å²) in [6.07, 6.45) is 0. The minimum Gasteiger partial charge on any atom is -0.224 e. The van der Waals surface area contributed by atoms with Crippen molar-refractivity contribution >= 4 is 0 Å². The zero-order valence-corrected chi connectivity index (χ0v) is 7.36. The molecule has 0 N–H and O–H groups in total. The Bertz CT molecular complexity index is 269. The van der Waals surface area contributed by atoms with Crippen molar-refractivity contribution in [2.45, 2.75) is 26.2 Å². The van der Waals surface area contributed by atoms with Crippen molar-refractivity contribution in [3.63, 3.8) is 0 Å². The van der Waals surface area contributed by atoms with E-state index >= 15 is 0 Å². The first-order valence-electron chi connectivity index (χ1n) is 3.73. The third-order valence-corrected chi connectivity index (χ3v) is 1.53. The van der Waals surface area contributed by atoms with Gasteiger partial charge in [-0.2, -0.15) is 4.39 Å². The first kappa shape index (κ1) is 9.10. The molecule has 0 fully saturated rings. The first-order valence-corrected chi connectivity index (χ1v) is 3.73. The van der Waals surface area contributed by atoms with Crippen molar-refractivity contribution in [2.75, 3.05) is 0 Å². The summed E-state index contributed by atoms with van der Waals surface area (Å²) < 4.78 is 25.3. The summed E-state index contributed by atoms with van der Waals surface area (Å²) in [5, 5.41) is 0. The van der Waals surface area contributed by atoms with Gasteiger partial charge >= 0.3 is 0 Å². The third-order valence-electron chi connectivity index (χ3n) is 1.53. The van der Waals surface area contributed by atoms with E-state index in [9.17, 15) is 8.78 Å². The van der Waals surface area contributed by atoms with E-state index < -0.39 is 11.8 Å². The fraction of sp³-hybridized carbons (Fsp3) is 0.444. The Morgan fingerprint density at radius 2 is 1.75 bits per heavy atom. The molecular formula is C9H11F2N. The summed E-state index contributed by atoms with van der Waals surface area (Å²) in [7, 11) is 0. The van der Waals surface area contributed by atoms with Crippen LogP contribution in [-0.4, -0.2) is 4.98 Å². The van der Waals surface area contributed by atoms with E-state index in [0.29, 0.717) is 5.69 Å². The third kappa shape index (κ3) is 2.00. The molecule has 0 amide bonds. The minimum absolute atomic E-state index is 0.317. The van der Waals surface area contributed by atoms with Crippen LogP contribution in [0, 0.1) is 11.8 Å². The molecule has 0 radical (unpaired) electrons. The summed E-state index contributed by atoms with van der Waals surface area (Å²) in [4.78, 5) is 3.60. The molecule has 0 bridgehead atoms. The average molecular weight is 171 g/mol. The Morgan fingerprint density at radius 1 is 1.17 bits per heavy atom. The van der Waals surface area contributed by atoms with Crippen molar-refractivity contribution in [2.24, 2.45) is 0 Å².